The van der Waals surface area contributed by atoms with Gasteiger partial charge < -0.3 is 22.7 Å². The van der Waals surface area contributed by atoms with Crippen LogP contribution in [0.4, 0.5) is 0 Å². The van der Waals surface area contributed by atoms with Crippen LogP contribution in [0.1, 0.15) is 52.2 Å². The van der Waals surface area contributed by atoms with Gasteiger partial charge in [0.25, 0.3) is 0 Å². The predicted molar refractivity (Wildman–Crippen MR) is 180 cm³/mol. The van der Waals surface area contributed by atoms with Crippen LogP contribution in [0.5, 0.6) is 0 Å². The minimum Gasteiger partial charge on any atom is -0.454 e. The molecular weight excluding hydrogens is 592 g/mol. The van der Waals surface area contributed by atoms with Crippen LogP contribution in [0.25, 0.3) is 44.6 Å². The lowest BCUT2D eigenvalue weighted by Crippen LogP contribution is -2.07. The maximum atomic E-state index is 13.1. The van der Waals surface area contributed by atoms with E-state index in [9.17, 15) is 9.59 Å². The third kappa shape index (κ3) is 5.65. The maximum absolute atomic E-state index is 13.1. The van der Waals surface area contributed by atoms with Crippen LogP contribution < -0.4 is 5.82 Å². The molecule has 0 amide bonds. The third-order valence-electron chi connectivity index (χ3n) is 8.57. The Morgan fingerprint density at radius 3 is 2.38 bits per heavy atom. The molecule has 236 valence electrons. The fourth-order valence-corrected chi connectivity index (χ4v) is 6.16. The fourth-order valence-electron chi connectivity index (χ4n) is 6.16. The SMILES string of the molecule is CCCc1nc2c(C)cc(-c3nc4ccccc4n3C)cc2n1Cc1ccc(-c2ccccc2C(=O)OCc2oc(=O)oc2C)cc1. The first-order chi connectivity index (χ1) is 22.8. The first-order valence-corrected chi connectivity index (χ1v) is 15.7. The zero-order chi connectivity index (χ0) is 32.7. The number of ether oxygens (including phenoxy) is 1. The molecule has 0 atom stereocenters. The van der Waals surface area contributed by atoms with Crippen molar-refractivity contribution in [1.82, 2.24) is 19.1 Å². The molecule has 0 saturated heterocycles. The molecule has 4 aromatic carbocycles. The molecule has 0 aliphatic rings. The van der Waals surface area contributed by atoms with Crippen molar-refractivity contribution in [1.29, 1.82) is 0 Å². The highest BCUT2D eigenvalue weighted by molar-refractivity contribution is 5.97. The normalized spacial score (nSPS) is 11.5. The third-order valence-corrected chi connectivity index (χ3v) is 8.57. The van der Waals surface area contributed by atoms with Crippen LogP contribution in [0, 0.1) is 13.8 Å². The van der Waals surface area contributed by atoms with Crippen LogP contribution in [0.15, 0.2) is 98.6 Å². The Kier molecular flexibility index (Phi) is 7.81. The van der Waals surface area contributed by atoms with Gasteiger partial charge in [-0.2, -0.15) is 0 Å². The number of esters is 1. The van der Waals surface area contributed by atoms with Gasteiger partial charge >= 0.3 is 11.8 Å². The Balaban J connectivity index is 1.19. The summed E-state index contributed by atoms with van der Waals surface area (Å²) in [5.74, 6) is 1.11. The van der Waals surface area contributed by atoms with Crippen molar-refractivity contribution in [3.63, 3.8) is 0 Å². The number of imidazole rings is 2. The lowest BCUT2D eigenvalue weighted by Gasteiger charge is -2.12. The van der Waals surface area contributed by atoms with Gasteiger partial charge in [0, 0.05) is 25.6 Å². The minimum atomic E-state index is -0.822. The number of fused-ring (bicyclic) bond motifs is 2. The van der Waals surface area contributed by atoms with Gasteiger partial charge in [-0.25, -0.2) is 19.6 Å². The van der Waals surface area contributed by atoms with E-state index in [4.69, 9.17) is 23.5 Å². The average Bonchev–Trinajstić information content (AvgIpc) is 3.72. The number of hydrogen-bond acceptors (Lipinski definition) is 7. The summed E-state index contributed by atoms with van der Waals surface area (Å²) >= 11 is 0. The average molecular weight is 627 g/mol. The Hall–Kier alpha value is -5.70. The topological polar surface area (TPSA) is 105 Å². The molecule has 3 aromatic heterocycles. The number of aromatic nitrogens is 4. The van der Waals surface area contributed by atoms with Crippen LogP contribution in [-0.2, 0) is 31.4 Å². The lowest BCUT2D eigenvalue weighted by molar-refractivity contribution is 0.0444. The molecule has 0 bridgehead atoms. The highest BCUT2D eigenvalue weighted by Crippen LogP contribution is 2.31. The molecule has 7 rings (SSSR count). The second kappa shape index (κ2) is 12.2. The molecular formula is C38H34N4O5. The zero-order valence-corrected chi connectivity index (χ0v) is 26.7. The quantitative estimate of drug-likeness (QED) is 0.151. The van der Waals surface area contributed by atoms with E-state index in [1.165, 1.54) is 0 Å². The minimum absolute atomic E-state index is 0.190. The number of hydrogen-bond donors (Lipinski definition) is 0. The summed E-state index contributed by atoms with van der Waals surface area (Å²) in [6.07, 6.45) is 1.85. The van der Waals surface area contributed by atoms with Gasteiger partial charge in [-0.05, 0) is 72.9 Å². The second-order valence-corrected chi connectivity index (χ2v) is 11.8. The monoisotopic (exact) mass is 626 g/mol. The van der Waals surface area contributed by atoms with Crippen LogP contribution in [-0.4, -0.2) is 25.1 Å². The van der Waals surface area contributed by atoms with Crippen LogP contribution in [0.3, 0.4) is 0 Å². The molecule has 9 nitrogen and oxygen atoms in total. The molecule has 0 aliphatic heterocycles. The van der Waals surface area contributed by atoms with Crippen molar-refractivity contribution in [3.8, 4) is 22.5 Å². The molecule has 3 heterocycles. The van der Waals surface area contributed by atoms with Crippen molar-refractivity contribution >= 4 is 28.0 Å². The Bertz CT molecular complexity index is 2320. The summed E-state index contributed by atoms with van der Waals surface area (Å²) in [4.78, 5) is 34.5. The molecule has 0 saturated carbocycles. The van der Waals surface area contributed by atoms with Crippen LogP contribution >= 0.6 is 0 Å². The Labute approximate surface area is 271 Å². The van der Waals surface area contributed by atoms with Gasteiger partial charge in [0.1, 0.15) is 11.6 Å². The first kappa shape index (κ1) is 30.0. The number of carbonyl (C=O) groups is 1. The smallest absolute Gasteiger partial charge is 0.454 e. The molecule has 0 aliphatic carbocycles. The van der Waals surface area contributed by atoms with E-state index in [1.54, 1.807) is 19.1 Å². The van der Waals surface area contributed by atoms with E-state index in [2.05, 4.69) is 60.4 Å². The molecule has 47 heavy (non-hydrogen) atoms. The molecule has 0 unspecified atom stereocenters. The summed E-state index contributed by atoms with van der Waals surface area (Å²) in [7, 11) is 2.06. The second-order valence-electron chi connectivity index (χ2n) is 11.8. The number of benzene rings is 4. The molecule has 9 heteroatoms. The molecule has 0 spiro atoms. The molecule has 0 radical (unpaired) electrons. The van der Waals surface area contributed by atoms with Crippen molar-refractivity contribution in [2.24, 2.45) is 7.05 Å². The predicted octanol–water partition coefficient (Wildman–Crippen LogP) is 7.78. The molecule has 0 N–H and O–H groups in total. The van der Waals surface area contributed by atoms with Gasteiger partial charge in [-0.15, -0.1) is 0 Å². The zero-order valence-electron chi connectivity index (χ0n) is 26.7. The number of carbonyl (C=O) groups excluding carboxylic acids is 1. The van der Waals surface area contributed by atoms with Crippen molar-refractivity contribution < 1.29 is 18.4 Å². The standard InChI is InChI=1S/C38H34N4O5/c1-5-10-34-40-35-23(2)19-27(36-39-30-13-8-9-14-31(30)41(36)4)20-32(35)42(34)21-25-15-17-26(18-16-25)28-11-6-7-12-29(28)37(43)45-22-33-24(3)46-38(44)47-33/h6-9,11-20H,5,10,21-22H2,1-4H3. The van der Waals surface area contributed by atoms with Crippen molar-refractivity contribution in [2.45, 2.75) is 46.8 Å². The molecule has 7 aromatic rings. The van der Waals surface area contributed by atoms with Crippen molar-refractivity contribution in [3.05, 3.63) is 130 Å². The van der Waals surface area contributed by atoms with E-state index in [-0.39, 0.29) is 18.1 Å². The van der Waals surface area contributed by atoms with Gasteiger partial charge in [-0.3, -0.25) is 0 Å². The number of aryl methyl sites for hydroxylation is 4. The van der Waals surface area contributed by atoms with E-state index in [0.29, 0.717) is 12.1 Å². The maximum Gasteiger partial charge on any atom is 0.519 e. The summed E-state index contributed by atoms with van der Waals surface area (Å²) in [5.41, 5.74) is 9.48. The fraction of sp³-hybridized carbons (Fsp3) is 0.211. The lowest BCUT2D eigenvalue weighted by atomic mass is 9.98. The van der Waals surface area contributed by atoms with Gasteiger partial charge in [0.2, 0.25) is 0 Å². The van der Waals surface area contributed by atoms with E-state index < -0.39 is 11.8 Å². The number of para-hydroxylation sites is 2. The first-order valence-electron chi connectivity index (χ1n) is 15.7. The molecule has 0 fully saturated rings. The van der Waals surface area contributed by atoms with Gasteiger partial charge in [0.15, 0.2) is 18.1 Å². The van der Waals surface area contributed by atoms with Crippen molar-refractivity contribution in [2.75, 3.05) is 0 Å². The number of rotatable bonds is 9. The summed E-state index contributed by atoms with van der Waals surface area (Å²) in [6, 6.07) is 28.1. The Morgan fingerprint density at radius 2 is 1.64 bits per heavy atom. The van der Waals surface area contributed by atoms with Gasteiger partial charge in [-0.1, -0.05) is 61.5 Å². The summed E-state index contributed by atoms with van der Waals surface area (Å²) in [6.45, 7) is 6.33. The van der Waals surface area contributed by atoms with E-state index in [0.717, 1.165) is 74.4 Å². The van der Waals surface area contributed by atoms with Crippen LogP contribution in [0.2, 0.25) is 0 Å². The van der Waals surface area contributed by atoms with E-state index >= 15 is 0 Å². The number of nitrogens with zero attached hydrogens (tertiary/aromatic N) is 4. The largest absolute Gasteiger partial charge is 0.519 e. The summed E-state index contributed by atoms with van der Waals surface area (Å²) < 4.78 is 19.8. The highest BCUT2D eigenvalue weighted by Gasteiger charge is 2.19. The Morgan fingerprint density at radius 1 is 0.872 bits per heavy atom. The highest BCUT2D eigenvalue weighted by atomic mass is 16.6. The summed E-state index contributed by atoms with van der Waals surface area (Å²) in [5, 5.41) is 0. The van der Waals surface area contributed by atoms with Gasteiger partial charge in [0.05, 0.1) is 27.6 Å². The van der Waals surface area contributed by atoms with E-state index in [1.807, 2.05) is 42.5 Å².